The zero-order chi connectivity index (χ0) is 12.1. The van der Waals surface area contributed by atoms with Gasteiger partial charge in [0.2, 0.25) is 0 Å². The summed E-state index contributed by atoms with van der Waals surface area (Å²) >= 11 is 0. The van der Waals surface area contributed by atoms with Gasteiger partial charge in [-0.05, 0) is 38.3 Å². The minimum atomic E-state index is 0.547. The SMILES string of the molecule is Cc1[nH]c(C2CC3CCC2N3)nc1-c1ccco1. The van der Waals surface area contributed by atoms with Crippen molar-refractivity contribution in [3.05, 3.63) is 29.9 Å². The van der Waals surface area contributed by atoms with Crippen molar-refractivity contribution in [2.45, 2.75) is 44.2 Å². The topological polar surface area (TPSA) is 53.9 Å². The molecule has 2 N–H and O–H groups in total. The molecular weight excluding hydrogens is 226 g/mol. The minimum Gasteiger partial charge on any atom is -0.463 e. The lowest BCUT2D eigenvalue weighted by Gasteiger charge is -2.17. The van der Waals surface area contributed by atoms with E-state index in [2.05, 4.69) is 17.2 Å². The second-order valence-electron chi connectivity index (χ2n) is 5.46. The predicted molar refractivity (Wildman–Crippen MR) is 68.3 cm³/mol. The maximum atomic E-state index is 5.44. The minimum absolute atomic E-state index is 0.547. The monoisotopic (exact) mass is 243 g/mol. The largest absolute Gasteiger partial charge is 0.463 e. The Labute approximate surface area is 106 Å². The molecule has 0 aromatic carbocycles. The van der Waals surface area contributed by atoms with E-state index in [9.17, 15) is 0 Å². The summed E-state index contributed by atoms with van der Waals surface area (Å²) in [5, 5.41) is 3.66. The summed E-state index contributed by atoms with van der Waals surface area (Å²) in [5.41, 5.74) is 2.06. The number of nitrogens with one attached hydrogen (secondary N) is 2. The van der Waals surface area contributed by atoms with Crippen LogP contribution in [0.1, 0.15) is 36.7 Å². The van der Waals surface area contributed by atoms with E-state index < -0.39 is 0 Å². The number of imidazole rings is 1. The van der Waals surface area contributed by atoms with Crippen LogP contribution < -0.4 is 5.32 Å². The van der Waals surface area contributed by atoms with Gasteiger partial charge in [-0.2, -0.15) is 0 Å². The highest BCUT2D eigenvalue weighted by atomic mass is 16.3. The number of hydrogen-bond donors (Lipinski definition) is 2. The molecule has 0 spiro atoms. The molecule has 0 radical (unpaired) electrons. The molecule has 2 aromatic heterocycles. The number of H-pyrrole nitrogens is 1. The van der Waals surface area contributed by atoms with E-state index >= 15 is 0 Å². The summed E-state index contributed by atoms with van der Waals surface area (Å²) in [5.74, 6) is 2.52. The van der Waals surface area contributed by atoms with Gasteiger partial charge in [0.15, 0.2) is 5.76 Å². The standard InChI is InChI=1S/C14H17N3O/c1-8-13(12-3-2-6-18-12)17-14(15-8)10-7-9-4-5-11(10)16-9/h2-3,6,9-11,16H,4-5,7H2,1H3,(H,15,17). The van der Waals surface area contributed by atoms with Crippen molar-refractivity contribution in [2.24, 2.45) is 0 Å². The second-order valence-corrected chi connectivity index (χ2v) is 5.46. The van der Waals surface area contributed by atoms with Crippen molar-refractivity contribution in [1.82, 2.24) is 15.3 Å². The lowest BCUT2D eigenvalue weighted by Crippen LogP contribution is -2.22. The van der Waals surface area contributed by atoms with Crippen LogP contribution in [0.15, 0.2) is 22.8 Å². The van der Waals surface area contributed by atoms with Crippen LogP contribution in [0.2, 0.25) is 0 Å². The number of furan rings is 1. The van der Waals surface area contributed by atoms with Crippen LogP contribution in [0.4, 0.5) is 0 Å². The van der Waals surface area contributed by atoms with Gasteiger partial charge in [0.25, 0.3) is 0 Å². The molecule has 2 saturated heterocycles. The first kappa shape index (κ1) is 10.4. The smallest absolute Gasteiger partial charge is 0.154 e. The Kier molecular flexibility index (Phi) is 2.14. The van der Waals surface area contributed by atoms with E-state index in [1.165, 1.54) is 19.3 Å². The molecule has 2 aromatic rings. The average molecular weight is 243 g/mol. The van der Waals surface area contributed by atoms with Crippen LogP contribution in [0.3, 0.4) is 0 Å². The van der Waals surface area contributed by atoms with Crippen LogP contribution >= 0.6 is 0 Å². The van der Waals surface area contributed by atoms with Gasteiger partial charge in [0.1, 0.15) is 11.5 Å². The van der Waals surface area contributed by atoms with Gasteiger partial charge in [-0.1, -0.05) is 0 Å². The summed E-state index contributed by atoms with van der Waals surface area (Å²) in [7, 11) is 0. The zero-order valence-corrected chi connectivity index (χ0v) is 10.4. The molecule has 4 heterocycles. The number of aromatic nitrogens is 2. The molecule has 2 bridgehead atoms. The third-order valence-corrected chi connectivity index (χ3v) is 4.31. The molecule has 0 saturated carbocycles. The van der Waals surface area contributed by atoms with Crippen molar-refractivity contribution in [3.63, 3.8) is 0 Å². The Morgan fingerprint density at radius 2 is 2.33 bits per heavy atom. The summed E-state index contributed by atoms with van der Waals surface area (Å²) in [6.07, 6.45) is 5.52. The summed E-state index contributed by atoms with van der Waals surface area (Å²) in [6, 6.07) is 5.19. The third-order valence-electron chi connectivity index (χ3n) is 4.31. The van der Waals surface area contributed by atoms with E-state index in [1.807, 2.05) is 12.1 Å². The molecule has 4 nitrogen and oxygen atoms in total. The number of fused-ring (bicyclic) bond motifs is 2. The highest BCUT2D eigenvalue weighted by molar-refractivity contribution is 5.55. The molecule has 2 aliphatic rings. The molecule has 3 atom stereocenters. The van der Waals surface area contributed by atoms with E-state index in [4.69, 9.17) is 9.40 Å². The van der Waals surface area contributed by atoms with Crippen LogP contribution in [-0.2, 0) is 0 Å². The fraction of sp³-hybridized carbons (Fsp3) is 0.500. The van der Waals surface area contributed by atoms with Gasteiger partial charge < -0.3 is 14.7 Å². The van der Waals surface area contributed by atoms with Crippen LogP contribution in [0.25, 0.3) is 11.5 Å². The van der Waals surface area contributed by atoms with Crippen molar-refractivity contribution in [2.75, 3.05) is 0 Å². The Morgan fingerprint density at radius 1 is 1.39 bits per heavy atom. The first-order chi connectivity index (χ1) is 8.81. The zero-order valence-electron chi connectivity index (χ0n) is 10.4. The summed E-state index contributed by atoms with van der Waals surface area (Å²) in [6.45, 7) is 2.06. The lowest BCUT2D eigenvalue weighted by atomic mass is 9.89. The van der Waals surface area contributed by atoms with Gasteiger partial charge in [-0.25, -0.2) is 4.98 Å². The molecule has 94 valence electrons. The van der Waals surface area contributed by atoms with Crippen molar-refractivity contribution < 1.29 is 4.42 Å². The molecule has 0 amide bonds. The van der Waals surface area contributed by atoms with E-state index in [0.717, 1.165) is 23.0 Å². The van der Waals surface area contributed by atoms with Crippen LogP contribution in [-0.4, -0.2) is 22.1 Å². The fourth-order valence-corrected chi connectivity index (χ4v) is 3.44. The van der Waals surface area contributed by atoms with E-state index in [-0.39, 0.29) is 0 Å². The molecular formula is C14H17N3O. The molecule has 4 rings (SSSR count). The van der Waals surface area contributed by atoms with Gasteiger partial charge >= 0.3 is 0 Å². The number of rotatable bonds is 2. The fourth-order valence-electron chi connectivity index (χ4n) is 3.44. The average Bonchev–Trinajstić information content (AvgIpc) is 3.12. The highest BCUT2D eigenvalue weighted by Crippen LogP contribution is 2.39. The van der Waals surface area contributed by atoms with Gasteiger partial charge in [-0.3, -0.25) is 0 Å². The van der Waals surface area contributed by atoms with Gasteiger partial charge in [0, 0.05) is 23.7 Å². The highest BCUT2D eigenvalue weighted by Gasteiger charge is 2.41. The molecule has 2 fully saturated rings. The van der Waals surface area contributed by atoms with Gasteiger partial charge in [0.05, 0.1) is 6.26 Å². The molecule has 4 heteroatoms. The van der Waals surface area contributed by atoms with Crippen LogP contribution in [0, 0.1) is 6.92 Å². The van der Waals surface area contributed by atoms with E-state index in [0.29, 0.717) is 18.0 Å². The maximum absolute atomic E-state index is 5.44. The molecule has 0 aliphatic carbocycles. The number of aromatic amines is 1. The summed E-state index contributed by atoms with van der Waals surface area (Å²) in [4.78, 5) is 8.21. The Bertz CT molecular complexity index is 558. The number of nitrogens with zero attached hydrogens (tertiary/aromatic N) is 1. The van der Waals surface area contributed by atoms with Crippen molar-refractivity contribution in [1.29, 1.82) is 0 Å². The second kappa shape index (κ2) is 3.72. The first-order valence-electron chi connectivity index (χ1n) is 6.67. The number of aryl methyl sites for hydroxylation is 1. The third kappa shape index (κ3) is 1.45. The molecule has 2 aliphatic heterocycles. The van der Waals surface area contributed by atoms with Gasteiger partial charge in [-0.15, -0.1) is 0 Å². The van der Waals surface area contributed by atoms with E-state index in [1.54, 1.807) is 6.26 Å². The Morgan fingerprint density at radius 3 is 3.00 bits per heavy atom. The quantitative estimate of drug-likeness (QED) is 0.852. The number of hydrogen-bond acceptors (Lipinski definition) is 3. The van der Waals surface area contributed by atoms with Crippen molar-refractivity contribution in [3.8, 4) is 11.5 Å². The maximum Gasteiger partial charge on any atom is 0.154 e. The van der Waals surface area contributed by atoms with Crippen LogP contribution in [0.5, 0.6) is 0 Å². The lowest BCUT2D eigenvalue weighted by molar-refractivity contribution is 0.489. The normalized spacial score (nSPS) is 30.2. The Balaban J connectivity index is 1.69. The van der Waals surface area contributed by atoms with Crippen molar-refractivity contribution >= 4 is 0 Å². The predicted octanol–water partition coefficient (Wildman–Crippen LogP) is 2.59. The molecule has 18 heavy (non-hydrogen) atoms. The summed E-state index contributed by atoms with van der Waals surface area (Å²) < 4.78 is 5.44. The Hall–Kier alpha value is -1.55. The first-order valence-corrected chi connectivity index (χ1v) is 6.67. The molecule has 3 unspecified atom stereocenters.